The summed E-state index contributed by atoms with van der Waals surface area (Å²) in [6.45, 7) is 3.09. The summed E-state index contributed by atoms with van der Waals surface area (Å²) in [5.74, 6) is 1.43. The van der Waals surface area contributed by atoms with Gasteiger partial charge in [0.2, 0.25) is 5.91 Å². The van der Waals surface area contributed by atoms with Gasteiger partial charge in [0.1, 0.15) is 5.75 Å². The van der Waals surface area contributed by atoms with E-state index in [-0.39, 0.29) is 17.3 Å². The van der Waals surface area contributed by atoms with Gasteiger partial charge in [0.15, 0.2) is 11.5 Å². The Bertz CT molecular complexity index is 962. The molecular weight excluding hydrogens is 390 g/mol. The molecule has 160 valence electrons. The molecule has 30 heavy (non-hydrogen) atoms. The molecule has 2 aromatic rings. The topological polar surface area (TPSA) is 103 Å². The third-order valence-corrected chi connectivity index (χ3v) is 5.33. The zero-order valence-electron chi connectivity index (χ0n) is 17.4. The molecule has 0 spiro atoms. The quantitative estimate of drug-likeness (QED) is 0.548. The van der Waals surface area contributed by atoms with Crippen LogP contribution in [0.15, 0.2) is 30.3 Å². The smallest absolute Gasteiger partial charge is 0.271 e. The van der Waals surface area contributed by atoms with Gasteiger partial charge in [0.25, 0.3) is 5.69 Å². The van der Waals surface area contributed by atoms with E-state index in [1.54, 1.807) is 14.2 Å². The number of nitro benzene ring substituents is 1. The lowest BCUT2D eigenvalue weighted by atomic mass is 9.97. The highest BCUT2D eigenvalue weighted by Crippen LogP contribution is 2.34. The van der Waals surface area contributed by atoms with E-state index in [1.807, 2.05) is 24.0 Å². The minimum atomic E-state index is -0.512. The third kappa shape index (κ3) is 4.30. The Kier molecular flexibility index (Phi) is 6.41. The molecule has 1 heterocycles. The van der Waals surface area contributed by atoms with Crippen molar-refractivity contribution in [1.29, 1.82) is 0 Å². The maximum absolute atomic E-state index is 12.9. The highest BCUT2D eigenvalue weighted by molar-refractivity contribution is 5.96. The number of hydrogen-bond donors (Lipinski definition) is 1. The van der Waals surface area contributed by atoms with Crippen molar-refractivity contribution in [2.75, 3.05) is 33.2 Å². The van der Waals surface area contributed by atoms with E-state index in [0.29, 0.717) is 30.3 Å². The van der Waals surface area contributed by atoms with E-state index in [4.69, 9.17) is 14.2 Å². The largest absolute Gasteiger partial charge is 0.495 e. The Morgan fingerprint density at radius 2 is 1.70 bits per heavy atom. The number of nitro groups is 1. The van der Waals surface area contributed by atoms with E-state index in [2.05, 4.69) is 5.32 Å². The predicted molar refractivity (Wildman–Crippen MR) is 111 cm³/mol. The van der Waals surface area contributed by atoms with Crippen molar-refractivity contribution >= 4 is 17.3 Å². The molecule has 9 heteroatoms. The summed E-state index contributed by atoms with van der Waals surface area (Å²) < 4.78 is 16.0. The van der Waals surface area contributed by atoms with Crippen LogP contribution in [0.1, 0.15) is 18.1 Å². The van der Waals surface area contributed by atoms with Gasteiger partial charge in [0, 0.05) is 25.2 Å². The van der Waals surface area contributed by atoms with Crippen molar-refractivity contribution in [2.24, 2.45) is 0 Å². The summed E-state index contributed by atoms with van der Waals surface area (Å²) in [6.07, 6.45) is 0.771. The summed E-state index contributed by atoms with van der Waals surface area (Å²) in [7, 11) is 4.64. The van der Waals surface area contributed by atoms with Crippen LogP contribution in [-0.4, -0.2) is 49.6 Å². The molecule has 1 N–H and O–H groups in total. The van der Waals surface area contributed by atoms with Crippen LogP contribution < -0.4 is 19.5 Å². The lowest BCUT2D eigenvalue weighted by Gasteiger charge is -2.33. The standard InChI is InChI=1S/C21H25N3O6/c1-13(21(25)22-17-11-16(24(26)27)5-6-18(17)28-2)23-8-7-14-9-19(29-3)20(30-4)10-15(14)12-23/h5-6,9-11,13H,7-8,12H2,1-4H3,(H,22,25)/t13-/m1/s1. The number of anilines is 1. The Hall–Kier alpha value is -3.33. The molecule has 2 aromatic carbocycles. The first-order chi connectivity index (χ1) is 14.4. The molecule has 1 aliphatic rings. The van der Waals surface area contributed by atoms with Crippen molar-refractivity contribution in [3.05, 3.63) is 51.6 Å². The van der Waals surface area contributed by atoms with E-state index < -0.39 is 11.0 Å². The maximum Gasteiger partial charge on any atom is 0.271 e. The first-order valence-corrected chi connectivity index (χ1v) is 9.49. The fraction of sp³-hybridized carbons (Fsp3) is 0.381. The minimum absolute atomic E-state index is 0.119. The molecule has 3 rings (SSSR count). The number of fused-ring (bicyclic) bond motifs is 1. The summed E-state index contributed by atoms with van der Waals surface area (Å²) >= 11 is 0. The normalized spacial score (nSPS) is 14.4. The van der Waals surface area contributed by atoms with E-state index in [9.17, 15) is 14.9 Å². The van der Waals surface area contributed by atoms with Crippen LogP contribution in [0.25, 0.3) is 0 Å². The lowest BCUT2D eigenvalue weighted by molar-refractivity contribution is -0.384. The Morgan fingerprint density at radius 3 is 2.30 bits per heavy atom. The highest BCUT2D eigenvalue weighted by Gasteiger charge is 2.27. The second-order valence-corrected chi connectivity index (χ2v) is 7.00. The second-order valence-electron chi connectivity index (χ2n) is 7.00. The van der Waals surface area contributed by atoms with Crippen LogP contribution in [0.4, 0.5) is 11.4 Å². The summed E-state index contributed by atoms with van der Waals surface area (Å²) in [5, 5.41) is 13.8. The average molecular weight is 415 g/mol. The molecule has 0 aliphatic carbocycles. The number of rotatable bonds is 7. The van der Waals surface area contributed by atoms with Crippen LogP contribution in [0, 0.1) is 10.1 Å². The summed E-state index contributed by atoms with van der Waals surface area (Å²) in [4.78, 5) is 25.5. The fourth-order valence-electron chi connectivity index (χ4n) is 3.55. The molecule has 9 nitrogen and oxygen atoms in total. The second kappa shape index (κ2) is 9.00. The molecule has 0 saturated heterocycles. The van der Waals surface area contributed by atoms with Crippen molar-refractivity contribution in [1.82, 2.24) is 4.90 Å². The van der Waals surface area contributed by atoms with Crippen LogP contribution in [0.2, 0.25) is 0 Å². The number of benzene rings is 2. The van der Waals surface area contributed by atoms with Gasteiger partial charge in [-0.2, -0.15) is 0 Å². The SMILES string of the molecule is COc1ccc([N+](=O)[O-])cc1NC(=O)[C@@H](C)N1CCc2cc(OC)c(OC)cc2C1. The van der Waals surface area contributed by atoms with Gasteiger partial charge in [-0.1, -0.05) is 0 Å². The summed E-state index contributed by atoms with van der Waals surface area (Å²) in [5.41, 5.74) is 2.39. The predicted octanol–water partition coefficient (Wildman–Crippen LogP) is 3.01. The number of hydrogen-bond acceptors (Lipinski definition) is 7. The highest BCUT2D eigenvalue weighted by atomic mass is 16.6. The number of nitrogens with one attached hydrogen (secondary N) is 1. The molecule has 0 unspecified atom stereocenters. The van der Waals surface area contributed by atoms with E-state index in [1.165, 1.54) is 25.3 Å². The maximum atomic E-state index is 12.9. The number of methoxy groups -OCH3 is 3. The number of ether oxygens (including phenoxy) is 3. The van der Waals surface area contributed by atoms with Gasteiger partial charge in [-0.3, -0.25) is 19.8 Å². The van der Waals surface area contributed by atoms with Gasteiger partial charge >= 0.3 is 0 Å². The van der Waals surface area contributed by atoms with Crippen molar-refractivity contribution < 1.29 is 23.9 Å². The number of carbonyl (C=O) groups excluding carboxylic acids is 1. The zero-order valence-corrected chi connectivity index (χ0v) is 17.4. The fourth-order valence-corrected chi connectivity index (χ4v) is 3.55. The first kappa shape index (κ1) is 21.4. The van der Waals surface area contributed by atoms with Crippen molar-refractivity contribution in [2.45, 2.75) is 25.9 Å². The average Bonchev–Trinajstić information content (AvgIpc) is 2.76. The van der Waals surface area contributed by atoms with Gasteiger partial charge in [-0.25, -0.2) is 0 Å². The third-order valence-electron chi connectivity index (χ3n) is 5.33. The molecule has 0 fully saturated rings. The molecule has 1 amide bonds. The number of nitrogens with zero attached hydrogens (tertiary/aromatic N) is 2. The molecule has 0 radical (unpaired) electrons. The van der Waals surface area contributed by atoms with Crippen LogP contribution in [0.5, 0.6) is 17.2 Å². The number of amides is 1. The molecule has 0 bridgehead atoms. The van der Waals surface area contributed by atoms with E-state index in [0.717, 1.165) is 17.5 Å². The lowest BCUT2D eigenvalue weighted by Crippen LogP contribution is -2.44. The van der Waals surface area contributed by atoms with Gasteiger partial charge in [-0.05, 0) is 42.7 Å². The Balaban J connectivity index is 1.76. The first-order valence-electron chi connectivity index (χ1n) is 9.49. The van der Waals surface area contributed by atoms with Gasteiger partial charge in [0.05, 0.1) is 38.0 Å². The van der Waals surface area contributed by atoms with Gasteiger partial charge < -0.3 is 19.5 Å². The molecule has 1 aliphatic heterocycles. The minimum Gasteiger partial charge on any atom is -0.495 e. The van der Waals surface area contributed by atoms with Crippen LogP contribution in [-0.2, 0) is 17.8 Å². The Labute approximate surface area is 174 Å². The molecular formula is C21H25N3O6. The van der Waals surface area contributed by atoms with Gasteiger partial charge in [-0.15, -0.1) is 0 Å². The Morgan fingerprint density at radius 1 is 1.07 bits per heavy atom. The van der Waals surface area contributed by atoms with Crippen LogP contribution in [0.3, 0.4) is 0 Å². The van der Waals surface area contributed by atoms with Crippen LogP contribution >= 0.6 is 0 Å². The summed E-state index contributed by atoms with van der Waals surface area (Å²) in [6, 6.07) is 7.57. The van der Waals surface area contributed by atoms with Crippen molar-refractivity contribution in [3.63, 3.8) is 0 Å². The molecule has 1 atom stereocenters. The zero-order chi connectivity index (χ0) is 21.8. The number of non-ortho nitro benzene ring substituents is 1. The number of carbonyl (C=O) groups is 1. The monoisotopic (exact) mass is 415 g/mol. The van der Waals surface area contributed by atoms with E-state index >= 15 is 0 Å². The van der Waals surface area contributed by atoms with Crippen molar-refractivity contribution in [3.8, 4) is 17.2 Å². The molecule has 0 saturated carbocycles. The molecule has 0 aromatic heterocycles.